The molecule has 7 heteroatoms. The molecule has 1 fully saturated rings. The molecule has 1 saturated heterocycles. The summed E-state index contributed by atoms with van der Waals surface area (Å²) in [6, 6.07) is 5.08. The zero-order chi connectivity index (χ0) is 15.5. The highest BCUT2D eigenvalue weighted by Crippen LogP contribution is 2.19. The number of ether oxygens (including phenoxy) is 1. The molecular formula is C14H21ClN2O3S. The number of rotatable bonds is 5. The van der Waals surface area contributed by atoms with Gasteiger partial charge in [-0.25, -0.2) is 13.1 Å². The second-order valence-corrected chi connectivity index (χ2v) is 7.44. The molecule has 5 nitrogen and oxygen atoms in total. The Kier molecular flexibility index (Phi) is 5.62. The van der Waals surface area contributed by atoms with Gasteiger partial charge in [0, 0.05) is 30.7 Å². The van der Waals surface area contributed by atoms with Gasteiger partial charge in [-0.15, -0.1) is 0 Å². The van der Waals surface area contributed by atoms with Gasteiger partial charge in [-0.2, -0.15) is 0 Å². The number of aryl methyl sites for hydroxylation is 1. The summed E-state index contributed by atoms with van der Waals surface area (Å²) in [5.74, 6) is 0. The standard InChI is InChI=1S/C14H21ClN2O3S/c1-11-3-4-13(9-14(11)15)21(18,19)16-5-6-17-7-8-20-10-12(17)2/h3-4,9,12,16H,5-8,10H2,1-2H3/t12-/m1/s1. The number of nitrogens with zero attached hydrogens (tertiary/aromatic N) is 1. The van der Waals surface area contributed by atoms with Crippen LogP contribution in [0.15, 0.2) is 23.1 Å². The van der Waals surface area contributed by atoms with Gasteiger partial charge in [0.2, 0.25) is 10.0 Å². The van der Waals surface area contributed by atoms with Crippen LogP contribution in [0.1, 0.15) is 12.5 Å². The fourth-order valence-corrected chi connectivity index (χ4v) is 3.53. The van der Waals surface area contributed by atoms with Gasteiger partial charge in [-0.3, -0.25) is 4.90 Å². The van der Waals surface area contributed by atoms with E-state index in [1.807, 2.05) is 6.92 Å². The van der Waals surface area contributed by atoms with Gasteiger partial charge >= 0.3 is 0 Å². The summed E-state index contributed by atoms with van der Waals surface area (Å²) in [6.45, 7) is 7.19. The van der Waals surface area contributed by atoms with Crippen LogP contribution in [0, 0.1) is 6.92 Å². The molecule has 21 heavy (non-hydrogen) atoms. The van der Waals surface area contributed by atoms with Crippen LogP contribution in [-0.4, -0.2) is 52.2 Å². The lowest BCUT2D eigenvalue weighted by Crippen LogP contribution is -2.46. The minimum absolute atomic E-state index is 0.202. The third-order valence-corrected chi connectivity index (χ3v) is 5.52. The van der Waals surface area contributed by atoms with Crippen molar-refractivity contribution < 1.29 is 13.2 Å². The zero-order valence-corrected chi connectivity index (χ0v) is 13.9. The fourth-order valence-electron chi connectivity index (χ4n) is 2.24. The second-order valence-electron chi connectivity index (χ2n) is 5.27. The van der Waals surface area contributed by atoms with Crippen molar-refractivity contribution in [2.45, 2.75) is 24.8 Å². The first-order valence-corrected chi connectivity index (χ1v) is 8.84. The van der Waals surface area contributed by atoms with Crippen molar-refractivity contribution in [2.75, 3.05) is 32.8 Å². The quantitative estimate of drug-likeness (QED) is 0.890. The van der Waals surface area contributed by atoms with Gasteiger partial charge in [0.1, 0.15) is 0 Å². The van der Waals surface area contributed by atoms with E-state index in [1.165, 1.54) is 6.07 Å². The SMILES string of the molecule is Cc1ccc(S(=O)(=O)NCCN2CCOC[C@H]2C)cc1Cl. The number of nitrogens with one attached hydrogen (secondary N) is 1. The Morgan fingerprint density at radius 3 is 2.90 bits per heavy atom. The molecule has 1 atom stereocenters. The maximum atomic E-state index is 12.2. The van der Waals surface area contributed by atoms with Crippen molar-refractivity contribution in [3.63, 3.8) is 0 Å². The third-order valence-electron chi connectivity index (χ3n) is 3.65. The highest BCUT2D eigenvalue weighted by molar-refractivity contribution is 7.89. The van der Waals surface area contributed by atoms with E-state index in [4.69, 9.17) is 16.3 Å². The predicted molar refractivity (Wildman–Crippen MR) is 83.2 cm³/mol. The molecule has 1 aromatic rings. The van der Waals surface area contributed by atoms with Crippen molar-refractivity contribution in [1.29, 1.82) is 0 Å². The minimum Gasteiger partial charge on any atom is -0.379 e. The summed E-state index contributed by atoms with van der Waals surface area (Å²) in [5.41, 5.74) is 0.859. The van der Waals surface area contributed by atoms with Crippen LogP contribution in [0.5, 0.6) is 0 Å². The van der Waals surface area contributed by atoms with Gasteiger partial charge in [-0.05, 0) is 31.5 Å². The molecule has 0 spiro atoms. The lowest BCUT2D eigenvalue weighted by atomic mass is 10.2. The van der Waals surface area contributed by atoms with E-state index in [1.54, 1.807) is 12.1 Å². The Hall–Kier alpha value is -0.660. The van der Waals surface area contributed by atoms with Crippen LogP contribution in [0.2, 0.25) is 5.02 Å². The number of halogens is 1. The zero-order valence-electron chi connectivity index (χ0n) is 12.3. The molecule has 1 aromatic carbocycles. The molecule has 1 aliphatic rings. The van der Waals surface area contributed by atoms with Crippen LogP contribution < -0.4 is 4.72 Å². The van der Waals surface area contributed by atoms with Gasteiger partial charge in [-0.1, -0.05) is 17.7 Å². The highest BCUT2D eigenvalue weighted by Gasteiger charge is 2.20. The largest absolute Gasteiger partial charge is 0.379 e. The molecule has 0 aromatic heterocycles. The van der Waals surface area contributed by atoms with Gasteiger partial charge in [0.25, 0.3) is 0 Å². The molecule has 0 aliphatic carbocycles. The molecule has 2 rings (SSSR count). The Labute approximate surface area is 131 Å². The summed E-state index contributed by atoms with van der Waals surface area (Å²) in [6.07, 6.45) is 0. The van der Waals surface area contributed by atoms with Crippen LogP contribution in [0.3, 0.4) is 0 Å². The molecule has 1 aliphatic heterocycles. The molecule has 1 heterocycles. The van der Waals surface area contributed by atoms with Crippen molar-refractivity contribution >= 4 is 21.6 Å². The number of benzene rings is 1. The molecule has 0 unspecified atom stereocenters. The lowest BCUT2D eigenvalue weighted by molar-refractivity contribution is 0.000989. The molecule has 0 saturated carbocycles. The molecule has 1 N–H and O–H groups in total. The Morgan fingerprint density at radius 1 is 1.48 bits per heavy atom. The van der Waals surface area contributed by atoms with Crippen molar-refractivity contribution in [3.05, 3.63) is 28.8 Å². The van der Waals surface area contributed by atoms with Crippen molar-refractivity contribution in [2.24, 2.45) is 0 Å². The normalized spacial score (nSPS) is 20.6. The average Bonchev–Trinajstić information content (AvgIpc) is 2.44. The second kappa shape index (κ2) is 7.07. The highest BCUT2D eigenvalue weighted by atomic mass is 35.5. The molecule has 118 valence electrons. The molecular weight excluding hydrogens is 312 g/mol. The summed E-state index contributed by atoms with van der Waals surface area (Å²) in [4.78, 5) is 2.42. The maximum absolute atomic E-state index is 12.2. The van der Waals surface area contributed by atoms with Gasteiger partial charge in [0.15, 0.2) is 0 Å². The topological polar surface area (TPSA) is 58.6 Å². The number of morpholine rings is 1. The summed E-state index contributed by atoms with van der Waals surface area (Å²) < 4.78 is 32.4. The van der Waals surface area contributed by atoms with E-state index in [2.05, 4.69) is 16.5 Å². The first kappa shape index (κ1) is 16.7. The first-order chi connectivity index (χ1) is 9.90. The van der Waals surface area contributed by atoms with E-state index in [0.29, 0.717) is 37.4 Å². The van der Waals surface area contributed by atoms with Crippen molar-refractivity contribution in [3.8, 4) is 0 Å². The van der Waals surface area contributed by atoms with E-state index < -0.39 is 10.0 Å². The van der Waals surface area contributed by atoms with E-state index in [0.717, 1.165) is 12.1 Å². The monoisotopic (exact) mass is 332 g/mol. The van der Waals surface area contributed by atoms with Crippen LogP contribution in [-0.2, 0) is 14.8 Å². The molecule has 0 amide bonds. The summed E-state index contributed by atoms with van der Waals surface area (Å²) >= 11 is 5.98. The number of hydrogen-bond acceptors (Lipinski definition) is 4. The smallest absolute Gasteiger partial charge is 0.240 e. The predicted octanol–water partition coefficient (Wildman–Crippen LogP) is 1.65. The van der Waals surface area contributed by atoms with Crippen LogP contribution >= 0.6 is 11.6 Å². The lowest BCUT2D eigenvalue weighted by Gasteiger charge is -2.33. The first-order valence-electron chi connectivity index (χ1n) is 6.98. The van der Waals surface area contributed by atoms with Crippen molar-refractivity contribution in [1.82, 2.24) is 9.62 Å². The minimum atomic E-state index is -3.51. The van der Waals surface area contributed by atoms with E-state index in [-0.39, 0.29) is 4.90 Å². The van der Waals surface area contributed by atoms with Gasteiger partial charge in [0.05, 0.1) is 18.1 Å². The summed E-state index contributed by atoms with van der Waals surface area (Å²) in [5, 5.41) is 0.458. The Bertz CT molecular complexity index is 592. The fraction of sp³-hybridized carbons (Fsp3) is 0.571. The third kappa shape index (κ3) is 4.40. The van der Waals surface area contributed by atoms with Crippen LogP contribution in [0.4, 0.5) is 0 Å². The molecule has 0 bridgehead atoms. The van der Waals surface area contributed by atoms with E-state index in [9.17, 15) is 8.42 Å². The average molecular weight is 333 g/mol. The number of sulfonamides is 1. The van der Waals surface area contributed by atoms with Crippen LogP contribution in [0.25, 0.3) is 0 Å². The van der Waals surface area contributed by atoms with E-state index >= 15 is 0 Å². The van der Waals surface area contributed by atoms with Gasteiger partial charge < -0.3 is 4.74 Å². The summed E-state index contributed by atoms with van der Waals surface area (Å²) in [7, 11) is -3.51. The Balaban J connectivity index is 1.93. The molecule has 0 radical (unpaired) electrons. The maximum Gasteiger partial charge on any atom is 0.240 e. The number of hydrogen-bond donors (Lipinski definition) is 1. The Morgan fingerprint density at radius 2 is 2.24 bits per heavy atom.